The van der Waals surface area contributed by atoms with Crippen molar-refractivity contribution in [3.05, 3.63) is 42.2 Å². The number of nitrogens with one attached hydrogen (secondary N) is 1. The van der Waals surface area contributed by atoms with Gasteiger partial charge in [0.1, 0.15) is 0 Å². The molecule has 0 saturated heterocycles. The van der Waals surface area contributed by atoms with Crippen molar-refractivity contribution in [2.75, 3.05) is 19.5 Å². The van der Waals surface area contributed by atoms with Crippen LogP contribution in [0.15, 0.2) is 36.5 Å². The van der Waals surface area contributed by atoms with E-state index >= 15 is 0 Å². The van der Waals surface area contributed by atoms with Crippen LogP contribution < -0.4 is 11.1 Å². The molecule has 1 aromatic carbocycles. The summed E-state index contributed by atoms with van der Waals surface area (Å²) in [6, 6.07) is 8.88. The minimum Gasteiger partial charge on any atom is -0.399 e. The quantitative estimate of drug-likeness (QED) is 0.803. The molecule has 0 aliphatic carbocycles. The van der Waals surface area contributed by atoms with E-state index in [-0.39, 0.29) is 11.9 Å². The Bertz CT molecular complexity index is 577. The van der Waals surface area contributed by atoms with Gasteiger partial charge in [-0.1, -0.05) is 0 Å². The van der Waals surface area contributed by atoms with Crippen LogP contribution in [0.5, 0.6) is 0 Å². The average molecular weight is 274 g/mol. The Morgan fingerprint density at radius 2 is 2.10 bits per heavy atom. The molecule has 1 amide bonds. The summed E-state index contributed by atoms with van der Waals surface area (Å²) < 4.78 is 6.61. The van der Waals surface area contributed by atoms with Gasteiger partial charge in [-0.05, 0) is 37.3 Å². The fourth-order valence-electron chi connectivity index (χ4n) is 1.81. The molecule has 0 bridgehead atoms. The molecule has 2 rings (SSSR count). The SMILES string of the molecule is COCC(C)NC(=O)c1ccn(-c2ccc(N)cc2)n1. The van der Waals surface area contributed by atoms with Gasteiger partial charge in [0.25, 0.3) is 5.91 Å². The van der Waals surface area contributed by atoms with Crippen molar-refractivity contribution in [3.8, 4) is 5.69 Å². The molecule has 0 radical (unpaired) electrons. The van der Waals surface area contributed by atoms with E-state index in [0.717, 1.165) is 5.69 Å². The van der Waals surface area contributed by atoms with Gasteiger partial charge in [0.2, 0.25) is 0 Å². The fraction of sp³-hybridized carbons (Fsp3) is 0.286. The lowest BCUT2D eigenvalue weighted by Crippen LogP contribution is -2.35. The van der Waals surface area contributed by atoms with Gasteiger partial charge in [0, 0.05) is 25.0 Å². The second kappa shape index (κ2) is 6.21. The lowest BCUT2D eigenvalue weighted by Gasteiger charge is -2.11. The maximum absolute atomic E-state index is 12.0. The van der Waals surface area contributed by atoms with Gasteiger partial charge in [-0.2, -0.15) is 5.10 Å². The van der Waals surface area contributed by atoms with Crippen LogP contribution in [-0.2, 0) is 4.74 Å². The molecule has 106 valence electrons. The number of methoxy groups -OCH3 is 1. The Morgan fingerprint density at radius 3 is 2.75 bits per heavy atom. The third kappa shape index (κ3) is 3.36. The minimum absolute atomic E-state index is 0.0610. The van der Waals surface area contributed by atoms with Crippen LogP contribution in [0.1, 0.15) is 17.4 Å². The molecule has 0 aliphatic heterocycles. The van der Waals surface area contributed by atoms with Gasteiger partial charge in [0.05, 0.1) is 12.3 Å². The third-order valence-electron chi connectivity index (χ3n) is 2.77. The van der Waals surface area contributed by atoms with Crippen molar-refractivity contribution in [2.45, 2.75) is 13.0 Å². The van der Waals surface area contributed by atoms with Crippen molar-refractivity contribution in [2.24, 2.45) is 0 Å². The van der Waals surface area contributed by atoms with E-state index in [1.165, 1.54) is 0 Å². The molecule has 0 aliphatic rings. The first-order valence-corrected chi connectivity index (χ1v) is 6.31. The highest BCUT2D eigenvalue weighted by Crippen LogP contribution is 2.10. The lowest BCUT2D eigenvalue weighted by atomic mass is 10.3. The Balaban J connectivity index is 2.08. The average Bonchev–Trinajstić information content (AvgIpc) is 2.89. The summed E-state index contributed by atoms with van der Waals surface area (Å²) in [6.45, 7) is 2.34. The summed E-state index contributed by atoms with van der Waals surface area (Å²) in [5.74, 6) is -0.219. The molecule has 2 aromatic rings. The molecule has 3 N–H and O–H groups in total. The Morgan fingerprint density at radius 1 is 1.40 bits per heavy atom. The highest BCUT2D eigenvalue weighted by Gasteiger charge is 2.12. The summed E-state index contributed by atoms with van der Waals surface area (Å²) in [5.41, 5.74) is 7.54. The van der Waals surface area contributed by atoms with Crippen LogP contribution in [0.25, 0.3) is 5.69 Å². The standard InChI is InChI=1S/C14H18N4O2/c1-10(9-20-2)16-14(19)13-7-8-18(17-13)12-5-3-11(15)4-6-12/h3-8,10H,9,15H2,1-2H3,(H,16,19). The van der Waals surface area contributed by atoms with E-state index in [2.05, 4.69) is 10.4 Å². The van der Waals surface area contributed by atoms with E-state index in [0.29, 0.717) is 18.0 Å². The lowest BCUT2D eigenvalue weighted by molar-refractivity contribution is 0.0900. The summed E-state index contributed by atoms with van der Waals surface area (Å²) in [7, 11) is 1.60. The van der Waals surface area contributed by atoms with Gasteiger partial charge < -0.3 is 15.8 Å². The number of hydrogen-bond acceptors (Lipinski definition) is 4. The summed E-state index contributed by atoms with van der Waals surface area (Å²) in [6.07, 6.45) is 1.74. The van der Waals surface area contributed by atoms with Crippen molar-refractivity contribution in [1.82, 2.24) is 15.1 Å². The van der Waals surface area contributed by atoms with Gasteiger partial charge in [-0.3, -0.25) is 4.79 Å². The number of hydrogen-bond donors (Lipinski definition) is 2. The maximum Gasteiger partial charge on any atom is 0.272 e. The molecule has 0 spiro atoms. The first-order chi connectivity index (χ1) is 9.60. The highest BCUT2D eigenvalue weighted by molar-refractivity contribution is 5.92. The number of anilines is 1. The number of aromatic nitrogens is 2. The fourth-order valence-corrected chi connectivity index (χ4v) is 1.81. The maximum atomic E-state index is 12.0. The zero-order chi connectivity index (χ0) is 14.5. The van der Waals surface area contributed by atoms with Crippen LogP contribution in [-0.4, -0.2) is 35.4 Å². The Kier molecular flexibility index (Phi) is 4.37. The topological polar surface area (TPSA) is 82.2 Å². The van der Waals surface area contributed by atoms with Crippen LogP contribution in [0, 0.1) is 0 Å². The Hall–Kier alpha value is -2.34. The predicted octanol–water partition coefficient (Wildman–Crippen LogP) is 1.22. The van der Waals surface area contributed by atoms with E-state index < -0.39 is 0 Å². The number of benzene rings is 1. The number of carbonyl (C=O) groups is 1. The number of ether oxygens (including phenoxy) is 1. The molecule has 1 heterocycles. The second-order valence-electron chi connectivity index (χ2n) is 4.57. The molecule has 1 unspecified atom stereocenters. The number of nitrogens with two attached hydrogens (primary N) is 1. The van der Waals surface area contributed by atoms with Crippen LogP contribution in [0.2, 0.25) is 0 Å². The zero-order valence-corrected chi connectivity index (χ0v) is 11.5. The molecule has 20 heavy (non-hydrogen) atoms. The summed E-state index contributed by atoms with van der Waals surface area (Å²) in [4.78, 5) is 12.0. The molecule has 6 nitrogen and oxygen atoms in total. The van der Waals surface area contributed by atoms with Crippen molar-refractivity contribution >= 4 is 11.6 Å². The molecule has 0 saturated carbocycles. The molecule has 0 fully saturated rings. The van der Waals surface area contributed by atoms with Crippen LogP contribution in [0.4, 0.5) is 5.69 Å². The van der Waals surface area contributed by atoms with Crippen LogP contribution >= 0.6 is 0 Å². The number of carbonyl (C=O) groups excluding carboxylic acids is 1. The van der Waals surface area contributed by atoms with Crippen molar-refractivity contribution < 1.29 is 9.53 Å². The van der Waals surface area contributed by atoms with Gasteiger partial charge in [-0.25, -0.2) is 4.68 Å². The largest absolute Gasteiger partial charge is 0.399 e. The predicted molar refractivity (Wildman–Crippen MR) is 76.8 cm³/mol. The van der Waals surface area contributed by atoms with E-state index in [9.17, 15) is 4.79 Å². The second-order valence-corrected chi connectivity index (χ2v) is 4.57. The van der Waals surface area contributed by atoms with E-state index in [4.69, 9.17) is 10.5 Å². The smallest absolute Gasteiger partial charge is 0.272 e. The van der Waals surface area contributed by atoms with Gasteiger partial charge >= 0.3 is 0 Å². The van der Waals surface area contributed by atoms with E-state index in [1.807, 2.05) is 19.1 Å². The summed E-state index contributed by atoms with van der Waals surface area (Å²) in [5, 5.41) is 7.06. The number of amides is 1. The normalized spacial score (nSPS) is 12.1. The molecule has 6 heteroatoms. The minimum atomic E-state index is -0.219. The number of rotatable bonds is 5. The molecule has 1 atom stereocenters. The number of nitrogen functional groups attached to an aromatic ring is 1. The van der Waals surface area contributed by atoms with Gasteiger partial charge in [-0.15, -0.1) is 0 Å². The first-order valence-electron chi connectivity index (χ1n) is 6.31. The molecular weight excluding hydrogens is 256 g/mol. The van der Waals surface area contributed by atoms with Crippen molar-refractivity contribution in [1.29, 1.82) is 0 Å². The Labute approximate surface area is 117 Å². The molecule has 1 aromatic heterocycles. The number of nitrogens with zero attached hydrogens (tertiary/aromatic N) is 2. The van der Waals surface area contributed by atoms with E-state index in [1.54, 1.807) is 36.2 Å². The van der Waals surface area contributed by atoms with Gasteiger partial charge in [0.15, 0.2) is 5.69 Å². The van der Waals surface area contributed by atoms with Crippen LogP contribution in [0.3, 0.4) is 0 Å². The zero-order valence-electron chi connectivity index (χ0n) is 11.5. The third-order valence-corrected chi connectivity index (χ3v) is 2.77. The van der Waals surface area contributed by atoms with Crippen molar-refractivity contribution in [3.63, 3.8) is 0 Å². The summed E-state index contributed by atoms with van der Waals surface area (Å²) >= 11 is 0. The first kappa shape index (κ1) is 14.1. The molecular formula is C14H18N4O2. The monoisotopic (exact) mass is 274 g/mol. The highest BCUT2D eigenvalue weighted by atomic mass is 16.5.